The maximum Gasteiger partial charge on any atom is 0.247 e. The molecule has 1 heterocycles. The van der Waals surface area contributed by atoms with E-state index in [0.29, 0.717) is 19.4 Å². The molecule has 1 aromatic rings. The molecule has 0 aromatic carbocycles. The predicted octanol–water partition coefficient (Wildman–Crippen LogP) is 0.158. The minimum absolute atomic E-state index is 0.0757. The van der Waals surface area contributed by atoms with Crippen LogP contribution in [-0.2, 0) is 10.0 Å². The number of aliphatic hydroxyl groups is 1. The first kappa shape index (κ1) is 14.9. The molecule has 2 N–H and O–H groups in total. The number of unbranched alkanes of at least 4 members (excludes halogenated alkanes) is 2. The number of H-pyrrole nitrogens is 1. The topological polar surface area (TPSA) is 90.5 Å². The summed E-state index contributed by atoms with van der Waals surface area (Å²) in [7, 11) is -2.04. The number of aromatic amines is 1. The van der Waals surface area contributed by atoms with Crippen LogP contribution in [0.25, 0.3) is 0 Å². The molecule has 0 spiro atoms. The molecule has 0 aliphatic carbocycles. The number of hydrogen-bond acceptors (Lipinski definition) is 4. The summed E-state index contributed by atoms with van der Waals surface area (Å²) < 4.78 is 25.4. The smallest absolute Gasteiger partial charge is 0.247 e. The summed E-state index contributed by atoms with van der Waals surface area (Å²) in [6.07, 6.45) is 3.34. The Hall–Kier alpha value is -1.18. The lowest BCUT2D eigenvalue weighted by molar-refractivity contribution is 0.281. The molecule has 6 nitrogen and oxygen atoms in total. The van der Waals surface area contributed by atoms with Crippen LogP contribution in [0.2, 0.25) is 0 Å². The minimum atomic E-state index is -3.54. The van der Waals surface area contributed by atoms with Crippen molar-refractivity contribution in [3.05, 3.63) is 28.7 Å². The Morgan fingerprint density at radius 1 is 1.28 bits per heavy atom. The highest BCUT2D eigenvalue weighted by Crippen LogP contribution is 2.12. The molecule has 0 unspecified atom stereocenters. The zero-order valence-corrected chi connectivity index (χ0v) is 11.1. The molecule has 0 bridgehead atoms. The van der Waals surface area contributed by atoms with E-state index >= 15 is 0 Å². The van der Waals surface area contributed by atoms with Gasteiger partial charge in [0.1, 0.15) is 0 Å². The number of nitrogens with one attached hydrogen (secondary N) is 1. The van der Waals surface area contributed by atoms with Crippen molar-refractivity contribution in [3.63, 3.8) is 0 Å². The Balaban J connectivity index is 2.68. The number of aromatic nitrogens is 1. The van der Waals surface area contributed by atoms with Gasteiger partial charge in [-0.15, -0.1) is 0 Å². The van der Waals surface area contributed by atoms with Gasteiger partial charge in [-0.3, -0.25) is 4.79 Å². The highest BCUT2D eigenvalue weighted by Gasteiger charge is 2.20. The van der Waals surface area contributed by atoms with E-state index in [2.05, 4.69) is 4.98 Å². The number of pyridine rings is 1. The molecule has 0 saturated heterocycles. The van der Waals surface area contributed by atoms with Crippen LogP contribution in [0.1, 0.15) is 19.3 Å². The van der Waals surface area contributed by atoms with E-state index in [-0.39, 0.29) is 17.1 Å². The number of rotatable bonds is 7. The molecule has 1 rings (SSSR count). The summed E-state index contributed by atoms with van der Waals surface area (Å²) in [5.41, 5.74) is -0.334. The quantitative estimate of drug-likeness (QED) is 0.693. The summed E-state index contributed by atoms with van der Waals surface area (Å²) in [6, 6.07) is 2.48. The fourth-order valence-corrected chi connectivity index (χ4v) is 2.66. The van der Waals surface area contributed by atoms with Gasteiger partial charge in [0.05, 0.1) is 4.90 Å². The third-order valence-electron chi connectivity index (χ3n) is 2.59. The van der Waals surface area contributed by atoms with Gasteiger partial charge in [-0.2, -0.15) is 0 Å². The van der Waals surface area contributed by atoms with E-state index in [0.717, 1.165) is 6.42 Å². The van der Waals surface area contributed by atoms with E-state index in [4.69, 9.17) is 5.11 Å². The lowest BCUT2D eigenvalue weighted by Crippen LogP contribution is -2.28. The number of nitrogens with zero attached hydrogens (tertiary/aromatic N) is 1. The van der Waals surface area contributed by atoms with Crippen LogP contribution in [0.15, 0.2) is 28.0 Å². The van der Waals surface area contributed by atoms with Crippen molar-refractivity contribution >= 4 is 10.0 Å². The van der Waals surface area contributed by atoms with Gasteiger partial charge in [-0.1, -0.05) is 0 Å². The normalized spacial score (nSPS) is 11.9. The van der Waals surface area contributed by atoms with Crippen molar-refractivity contribution < 1.29 is 13.5 Å². The largest absolute Gasteiger partial charge is 0.396 e. The van der Waals surface area contributed by atoms with Gasteiger partial charge in [0.25, 0.3) is 0 Å². The van der Waals surface area contributed by atoms with Gasteiger partial charge >= 0.3 is 0 Å². The van der Waals surface area contributed by atoms with Crippen molar-refractivity contribution in [2.24, 2.45) is 0 Å². The van der Waals surface area contributed by atoms with Crippen LogP contribution in [0.4, 0.5) is 0 Å². The van der Waals surface area contributed by atoms with Gasteiger partial charge < -0.3 is 10.1 Å². The van der Waals surface area contributed by atoms with Crippen LogP contribution < -0.4 is 5.56 Å². The lowest BCUT2D eigenvalue weighted by atomic mass is 10.2. The second-order valence-corrected chi connectivity index (χ2v) is 6.04. The fourth-order valence-electron chi connectivity index (χ4n) is 1.48. The number of sulfonamides is 1. The first-order chi connectivity index (χ1) is 8.48. The van der Waals surface area contributed by atoms with Crippen LogP contribution >= 0.6 is 0 Å². The number of aliphatic hydroxyl groups excluding tert-OH is 1. The molecule has 102 valence electrons. The lowest BCUT2D eigenvalue weighted by Gasteiger charge is -2.16. The summed E-state index contributed by atoms with van der Waals surface area (Å²) in [5.74, 6) is 0. The predicted molar refractivity (Wildman–Crippen MR) is 67.8 cm³/mol. The third-order valence-corrected chi connectivity index (χ3v) is 4.45. The SMILES string of the molecule is CN(CCCCCO)S(=O)(=O)c1ccc(=O)[nH]c1. The third kappa shape index (κ3) is 3.94. The van der Waals surface area contributed by atoms with E-state index in [1.165, 1.54) is 29.7 Å². The highest BCUT2D eigenvalue weighted by molar-refractivity contribution is 7.89. The van der Waals surface area contributed by atoms with Crippen molar-refractivity contribution in [3.8, 4) is 0 Å². The van der Waals surface area contributed by atoms with Crippen molar-refractivity contribution in [2.45, 2.75) is 24.2 Å². The van der Waals surface area contributed by atoms with Crippen molar-refractivity contribution in [1.29, 1.82) is 0 Å². The molecule has 1 aromatic heterocycles. The van der Waals surface area contributed by atoms with Crippen molar-refractivity contribution in [2.75, 3.05) is 20.2 Å². The van der Waals surface area contributed by atoms with Crippen LogP contribution in [0.5, 0.6) is 0 Å². The van der Waals surface area contributed by atoms with Crippen LogP contribution in [0, 0.1) is 0 Å². The molecular weight excluding hydrogens is 256 g/mol. The van der Waals surface area contributed by atoms with Gasteiger partial charge in [-0.05, 0) is 25.3 Å². The zero-order valence-electron chi connectivity index (χ0n) is 10.3. The zero-order chi connectivity index (χ0) is 13.6. The molecule has 0 radical (unpaired) electrons. The molecular formula is C11H18N2O4S. The van der Waals surface area contributed by atoms with Crippen LogP contribution in [0.3, 0.4) is 0 Å². The van der Waals surface area contributed by atoms with Gasteiger partial charge in [0.2, 0.25) is 15.6 Å². The maximum absolute atomic E-state index is 12.1. The number of hydrogen-bond donors (Lipinski definition) is 2. The van der Waals surface area contributed by atoms with Gasteiger partial charge in [0.15, 0.2) is 0 Å². The summed E-state index contributed by atoms with van der Waals surface area (Å²) in [6.45, 7) is 0.512. The summed E-state index contributed by atoms with van der Waals surface area (Å²) >= 11 is 0. The molecule has 0 fully saturated rings. The standard InChI is InChI=1S/C11H18N2O4S/c1-13(7-3-2-4-8-14)18(16,17)10-5-6-11(15)12-9-10/h5-6,9,14H,2-4,7-8H2,1H3,(H,12,15). The first-order valence-corrected chi connectivity index (χ1v) is 7.18. The second kappa shape index (κ2) is 6.67. The molecule has 7 heteroatoms. The molecule has 0 aliphatic heterocycles. The minimum Gasteiger partial charge on any atom is -0.396 e. The molecule has 0 saturated carbocycles. The Bertz CT molecular complexity index is 504. The fraction of sp³-hybridized carbons (Fsp3) is 0.545. The Morgan fingerprint density at radius 2 is 2.00 bits per heavy atom. The highest BCUT2D eigenvalue weighted by atomic mass is 32.2. The summed E-state index contributed by atoms with van der Waals surface area (Å²) in [5, 5.41) is 8.63. The Kier molecular flexibility index (Phi) is 5.52. The van der Waals surface area contributed by atoms with E-state index in [9.17, 15) is 13.2 Å². The van der Waals surface area contributed by atoms with E-state index < -0.39 is 10.0 Å². The Morgan fingerprint density at radius 3 is 2.56 bits per heavy atom. The van der Waals surface area contributed by atoms with Crippen molar-refractivity contribution in [1.82, 2.24) is 9.29 Å². The average molecular weight is 274 g/mol. The molecule has 18 heavy (non-hydrogen) atoms. The van der Waals surface area contributed by atoms with E-state index in [1.54, 1.807) is 0 Å². The first-order valence-electron chi connectivity index (χ1n) is 5.74. The van der Waals surface area contributed by atoms with Gasteiger partial charge in [-0.25, -0.2) is 12.7 Å². The molecule has 0 atom stereocenters. The second-order valence-electron chi connectivity index (χ2n) is 4.00. The van der Waals surface area contributed by atoms with E-state index in [1.807, 2.05) is 0 Å². The Labute approximate surface area is 106 Å². The average Bonchev–Trinajstić information content (AvgIpc) is 2.35. The maximum atomic E-state index is 12.1. The van der Waals surface area contributed by atoms with Gasteiger partial charge in [0, 0.05) is 32.5 Å². The molecule has 0 amide bonds. The van der Waals surface area contributed by atoms with Crippen LogP contribution in [-0.4, -0.2) is 43.0 Å². The summed E-state index contributed by atoms with van der Waals surface area (Å²) in [4.78, 5) is 13.3. The molecule has 0 aliphatic rings. The monoisotopic (exact) mass is 274 g/mol.